The van der Waals surface area contributed by atoms with Crippen LogP contribution in [0.1, 0.15) is 71.6 Å². The van der Waals surface area contributed by atoms with E-state index in [1.54, 1.807) is 0 Å². The normalized spacial score (nSPS) is 45.8. The Labute approximate surface area is 202 Å². The van der Waals surface area contributed by atoms with Gasteiger partial charge in [0.05, 0.1) is 18.6 Å². The van der Waals surface area contributed by atoms with Crippen molar-refractivity contribution in [1.29, 1.82) is 0 Å². The zero-order valence-corrected chi connectivity index (χ0v) is 21.2. The van der Waals surface area contributed by atoms with Crippen molar-refractivity contribution in [2.75, 3.05) is 7.05 Å². The van der Waals surface area contributed by atoms with Crippen molar-refractivity contribution < 1.29 is 14.1 Å². The summed E-state index contributed by atoms with van der Waals surface area (Å²) in [5, 5.41) is -0.106. The molecule has 0 N–H and O–H groups in total. The van der Waals surface area contributed by atoms with Gasteiger partial charge in [0.15, 0.2) is 4.90 Å². The summed E-state index contributed by atoms with van der Waals surface area (Å²) in [4.78, 5) is 16.0. The predicted molar refractivity (Wildman–Crippen MR) is 130 cm³/mol. The van der Waals surface area contributed by atoms with Crippen molar-refractivity contribution in [3.63, 3.8) is 0 Å². The summed E-state index contributed by atoms with van der Waals surface area (Å²) in [6, 6.07) is 10.1. The fraction of sp³-hybridized carbons (Fsp3) is 0.750. The Morgan fingerprint density at radius 3 is 2.48 bits per heavy atom. The molecule has 6 rings (SSSR count). The second-order valence-electron chi connectivity index (χ2n) is 12.1. The third kappa shape index (κ3) is 3.36. The van der Waals surface area contributed by atoms with Crippen molar-refractivity contribution in [2.24, 2.45) is 28.6 Å². The lowest BCUT2D eigenvalue weighted by Crippen LogP contribution is -2.67. The summed E-state index contributed by atoms with van der Waals surface area (Å²) in [5.41, 5.74) is 0.181. The first kappa shape index (κ1) is 22.4. The molecule has 0 radical (unpaired) electrons. The molecule has 5 aliphatic rings. The molecule has 1 saturated heterocycles. The van der Waals surface area contributed by atoms with Crippen LogP contribution in [-0.2, 0) is 20.7 Å². The molecule has 0 aromatic heterocycles. The fourth-order valence-electron chi connectivity index (χ4n) is 8.77. The molecule has 4 saturated carbocycles. The van der Waals surface area contributed by atoms with Gasteiger partial charge in [0.25, 0.3) is 0 Å². The molecule has 4 nitrogen and oxygen atoms in total. The second-order valence-corrected chi connectivity index (χ2v) is 13.7. The van der Waals surface area contributed by atoms with E-state index >= 15 is 0 Å². The summed E-state index contributed by atoms with van der Waals surface area (Å²) >= 11 is -1.17. The number of rotatable bonds is 4. The molecule has 9 atom stereocenters. The fourth-order valence-corrected chi connectivity index (χ4v) is 10.6. The van der Waals surface area contributed by atoms with Gasteiger partial charge in [-0.25, -0.2) is 0 Å². The van der Waals surface area contributed by atoms with E-state index in [0.717, 1.165) is 11.3 Å². The van der Waals surface area contributed by atoms with Gasteiger partial charge in [0, 0.05) is 18.5 Å². The summed E-state index contributed by atoms with van der Waals surface area (Å²) in [6.45, 7) is 4.91. The Kier molecular flexibility index (Phi) is 5.43. The maximum absolute atomic E-state index is 14.0. The Balaban J connectivity index is 1.34. The standard InChI is InChI=1S/C28H39NO3S/c1-27-16-15-22-20(21(27)12-14-24(27)32-18-9-10-18)11-13-23-28(22,2)25(17-26(30)29(23)3)33(31)19-7-5-4-6-8-19/h4-8,18,20-25H,9-17H2,1-3H3/t20-,21-,22-,23+,24-,25?,27-,28+,33?/m0/s1. The van der Waals surface area contributed by atoms with Crippen LogP contribution < -0.4 is 0 Å². The molecule has 1 aromatic rings. The van der Waals surface area contributed by atoms with Crippen molar-refractivity contribution >= 4 is 17.1 Å². The smallest absolute Gasteiger partial charge is 0.227 e. The minimum Gasteiger partial charge on any atom is -0.611 e. The maximum Gasteiger partial charge on any atom is 0.227 e. The number of hydrogen-bond acceptors (Lipinski definition) is 3. The van der Waals surface area contributed by atoms with Gasteiger partial charge in [0.1, 0.15) is 5.25 Å². The molecule has 1 heterocycles. The molecule has 2 unspecified atom stereocenters. The number of piperidine rings is 1. The van der Waals surface area contributed by atoms with Gasteiger partial charge in [-0.15, -0.1) is 0 Å². The third-order valence-electron chi connectivity index (χ3n) is 10.7. The highest BCUT2D eigenvalue weighted by molar-refractivity contribution is 7.92. The van der Waals surface area contributed by atoms with E-state index in [4.69, 9.17) is 4.74 Å². The van der Waals surface area contributed by atoms with Crippen LogP contribution in [0.5, 0.6) is 0 Å². The Morgan fingerprint density at radius 1 is 1.00 bits per heavy atom. The topological polar surface area (TPSA) is 52.6 Å². The molecule has 33 heavy (non-hydrogen) atoms. The van der Waals surface area contributed by atoms with E-state index in [1.807, 2.05) is 42.3 Å². The van der Waals surface area contributed by atoms with Crippen LogP contribution in [0.25, 0.3) is 0 Å². The number of fused-ring (bicyclic) bond motifs is 5. The average molecular weight is 470 g/mol. The van der Waals surface area contributed by atoms with Crippen LogP contribution in [0.4, 0.5) is 0 Å². The molecule has 180 valence electrons. The highest BCUT2D eigenvalue weighted by Gasteiger charge is 2.66. The van der Waals surface area contributed by atoms with Gasteiger partial charge in [-0.2, -0.15) is 0 Å². The van der Waals surface area contributed by atoms with Gasteiger partial charge in [0.2, 0.25) is 5.91 Å². The number of carbonyl (C=O) groups is 1. The quantitative estimate of drug-likeness (QED) is 0.571. The van der Waals surface area contributed by atoms with E-state index < -0.39 is 11.2 Å². The van der Waals surface area contributed by atoms with Crippen LogP contribution in [-0.4, -0.2) is 45.9 Å². The average Bonchev–Trinajstić information content (AvgIpc) is 3.58. The highest BCUT2D eigenvalue weighted by atomic mass is 32.2. The van der Waals surface area contributed by atoms with E-state index in [0.29, 0.717) is 36.4 Å². The summed E-state index contributed by atoms with van der Waals surface area (Å²) in [6.07, 6.45) is 11.0. The van der Waals surface area contributed by atoms with Gasteiger partial charge >= 0.3 is 0 Å². The van der Waals surface area contributed by atoms with Gasteiger partial charge < -0.3 is 14.2 Å². The van der Waals surface area contributed by atoms with Crippen molar-refractivity contribution in [2.45, 2.75) is 100 Å². The van der Waals surface area contributed by atoms with Crippen LogP contribution in [0, 0.1) is 28.6 Å². The summed E-state index contributed by atoms with van der Waals surface area (Å²) < 4.78 is 20.5. The number of hydrogen-bond donors (Lipinski definition) is 0. The molecule has 1 aromatic carbocycles. The second kappa shape index (κ2) is 7.99. The number of carbonyl (C=O) groups excluding carboxylic acids is 1. The summed E-state index contributed by atoms with van der Waals surface area (Å²) in [5.74, 6) is 2.06. The predicted octanol–water partition coefficient (Wildman–Crippen LogP) is 5.18. The first-order valence-electron chi connectivity index (χ1n) is 13.2. The molecule has 4 aliphatic carbocycles. The minimum atomic E-state index is -1.17. The monoisotopic (exact) mass is 469 g/mol. The van der Waals surface area contributed by atoms with Gasteiger partial charge in [-0.3, -0.25) is 4.79 Å². The lowest BCUT2D eigenvalue weighted by Gasteiger charge is -2.63. The molecule has 5 heteroatoms. The first-order chi connectivity index (χ1) is 15.8. The Hall–Kier alpha value is -1.04. The van der Waals surface area contributed by atoms with Crippen LogP contribution >= 0.6 is 0 Å². The molecule has 5 fully saturated rings. The lowest BCUT2D eigenvalue weighted by atomic mass is 9.47. The van der Waals surface area contributed by atoms with E-state index in [-0.39, 0.29) is 28.0 Å². The van der Waals surface area contributed by atoms with E-state index in [1.165, 1.54) is 44.9 Å². The molecule has 0 spiro atoms. The first-order valence-corrected chi connectivity index (χ1v) is 14.4. The number of benzene rings is 1. The molecule has 1 aliphatic heterocycles. The molecule has 0 bridgehead atoms. The molecular formula is C28H39NO3S. The zero-order valence-electron chi connectivity index (χ0n) is 20.4. The van der Waals surface area contributed by atoms with Crippen LogP contribution in [0.2, 0.25) is 0 Å². The van der Waals surface area contributed by atoms with Gasteiger partial charge in [-0.05, 0) is 97.8 Å². The Morgan fingerprint density at radius 2 is 1.76 bits per heavy atom. The van der Waals surface area contributed by atoms with Crippen LogP contribution in [0.3, 0.4) is 0 Å². The number of nitrogens with zero attached hydrogens (tertiary/aromatic N) is 1. The number of amides is 1. The lowest BCUT2D eigenvalue weighted by molar-refractivity contribution is -0.161. The minimum absolute atomic E-state index is 0.106. The van der Waals surface area contributed by atoms with Crippen LogP contribution in [0.15, 0.2) is 35.2 Å². The third-order valence-corrected chi connectivity index (χ3v) is 12.6. The van der Waals surface area contributed by atoms with Crippen molar-refractivity contribution in [3.8, 4) is 0 Å². The zero-order chi connectivity index (χ0) is 23.0. The van der Waals surface area contributed by atoms with Crippen molar-refractivity contribution in [1.82, 2.24) is 4.90 Å². The van der Waals surface area contributed by atoms with Gasteiger partial charge in [-0.1, -0.05) is 32.0 Å². The molecular weight excluding hydrogens is 430 g/mol. The van der Waals surface area contributed by atoms with E-state index in [2.05, 4.69) is 13.8 Å². The largest absolute Gasteiger partial charge is 0.611 e. The molecule has 1 amide bonds. The number of likely N-dealkylation sites (tertiary alicyclic amines) is 1. The maximum atomic E-state index is 14.0. The SMILES string of the molecule is CN1C(=O)CC([S+]([O-])c2ccccc2)[C@]2(C)[C@H]3CC[C@]4(C)[C@@H](OC5CC5)CC[C@H]4[C@@H]3CC[C@@H]12. The summed E-state index contributed by atoms with van der Waals surface area (Å²) in [7, 11) is 2.00. The number of ether oxygens (including phenoxy) is 1. The highest BCUT2D eigenvalue weighted by Crippen LogP contribution is 2.66. The Bertz CT molecular complexity index is 906. The van der Waals surface area contributed by atoms with Crippen molar-refractivity contribution in [3.05, 3.63) is 30.3 Å². The van der Waals surface area contributed by atoms with E-state index in [9.17, 15) is 9.35 Å².